The number of para-hydroxylation sites is 2. The van der Waals surface area contributed by atoms with E-state index in [1.54, 1.807) is 36.4 Å². The summed E-state index contributed by atoms with van der Waals surface area (Å²) in [6.07, 6.45) is 1.33. The van der Waals surface area contributed by atoms with Gasteiger partial charge in [0.1, 0.15) is 18.0 Å². The van der Waals surface area contributed by atoms with Crippen LogP contribution in [0.2, 0.25) is 0 Å². The second-order valence-electron chi connectivity index (χ2n) is 8.86. The van der Waals surface area contributed by atoms with E-state index in [0.29, 0.717) is 33.4 Å². The minimum Gasteiger partial charge on any atom is -0.482 e. The smallest absolute Gasteiger partial charge is 0.311 e. The van der Waals surface area contributed by atoms with Gasteiger partial charge in [-0.2, -0.15) is 9.78 Å². The Morgan fingerprint density at radius 3 is 2.58 bits per heavy atom. The molecule has 2 aromatic heterocycles. The van der Waals surface area contributed by atoms with E-state index in [1.165, 1.54) is 42.6 Å². The van der Waals surface area contributed by atoms with Crippen LogP contribution in [0.4, 0.5) is 10.1 Å². The maximum Gasteiger partial charge on any atom is 0.311 e. The topological polar surface area (TPSA) is 113 Å². The summed E-state index contributed by atoms with van der Waals surface area (Å²) in [5.41, 5.74) is 1.41. The monoisotopic (exact) mass is 534 g/mol. The van der Waals surface area contributed by atoms with Crippen molar-refractivity contribution in [3.63, 3.8) is 0 Å². The van der Waals surface area contributed by atoms with E-state index in [1.807, 2.05) is 24.3 Å². The van der Waals surface area contributed by atoms with E-state index in [0.717, 1.165) is 10.1 Å². The minimum atomic E-state index is -0.569. The summed E-state index contributed by atoms with van der Waals surface area (Å²) in [5, 5.41) is 17.3. The van der Waals surface area contributed by atoms with Crippen molar-refractivity contribution in [2.75, 3.05) is 0 Å². The van der Waals surface area contributed by atoms with Gasteiger partial charge in [-0.25, -0.2) is 9.37 Å². The molecule has 10 heteroatoms. The highest BCUT2D eigenvalue weighted by molar-refractivity contribution is 5.85. The van der Waals surface area contributed by atoms with Crippen LogP contribution in [0.5, 0.6) is 5.75 Å². The fourth-order valence-corrected chi connectivity index (χ4v) is 4.23. The molecule has 2 heterocycles. The van der Waals surface area contributed by atoms with Gasteiger partial charge in [0.25, 0.3) is 5.56 Å². The molecule has 0 spiro atoms. The van der Waals surface area contributed by atoms with E-state index in [9.17, 15) is 19.3 Å². The highest BCUT2D eigenvalue weighted by Crippen LogP contribution is 2.29. The van der Waals surface area contributed by atoms with Gasteiger partial charge in [0.2, 0.25) is 5.82 Å². The van der Waals surface area contributed by atoms with Crippen molar-refractivity contribution in [2.45, 2.75) is 6.61 Å². The van der Waals surface area contributed by atoms with Gasteiger partial charge in [0.05, 0.1) is 22.0 Å². The molecule has 0 atom stereocenters. The molecule has 0 aliphatic carbocycles. The normalized spacial score (nSPS) is 11.4. The third-order valence-electron chi connectivity index (χ3n) is 6.21. The number of nitro groups is 1. The Bertz CT molecular complexity index is 1950. The second-order valence-corrected chi connectivity index (χ2v) is 8.86. The first-order chi connectivity index (χ1) is 19.5. The maximum atomic E-state index is 13.4. The number of hydrogen-bond acceptors (Lipinski definition) is 7. The number of furan rings is 1. The molecule has 0 saturated carbocycles. The second kappa shape index (κ2) is 10.3. The molecular weight excluding hydrogens is 515 g/mol. The maximum absolute atomic E-state index is 13.4. The molecule has 6 aromatic rings. The molecular formula is C30H19FN4O5. The van der Waals surface area contributed by atoms with Crippen molar-refractivity contribution in [1.82, 2.24) is 9.66 Å². The Balaban J connectivity index is 1.38. The molecule has 0 aliphatic rings. The number of nitro benzene ring substituents is 1. The Labute approximate surface area is 225 Å². The highest BCUT2D eigenvalue weighted by Gasteiger charge is 2.18. The van der Waals surface area contributed by atoms with E-state index in [-0.39, 0.29) is 29.7 Å². The van der Waals surface area contributed by atoms with Crippen molar-refractivity contribution in [3.05, 3.63) is 134 Å². The lowest BCUT2D eigenvalue weighted by Gasteiger charge is -2.08. The van der Waals surface area contributed by atoms with Gasteiger partial charge in [-0.3, -0.25) is 14.9 Å². The third-order valence-corrected chi connectivity index (χ3v) is 6.21. The number of hydrogen-bond donors (Lipinski definition) is 0. The van der Waals surface area contributed by atoms with Crippen LogP contribution in [0.25, 0.3) is 33.5 Å². The highest BCUT2D eigenvalue weighted by atomic mass is 19.1. The number of fused-ring (bicyclic) bond motifs is 2. The molecule has 0 N–H and O–H groups in total. The molecule has 4 aromatic carbocycles. The average molecular weight is 535 g/mol. The van der Waals surface area contributed by atoms with E-state index in [4.69, 9.17) is 9.15 Å². The molecule has 40 heavy (non-hydrogen) atoms. The van der Waals surface area contributed by atoms with Crippen molar-refractivity contribution in [2.24, 2.45) is 5.10 Å². The number of ether oxygens (including phenoxy) is 1. The summed E-state index contributed by atoms with van der Waals surface area (Å²) in [7, 11) is 0. The van der Waals surface area contributed by atoms with Crippen LogP contribution in [-0.2, 0) is 6.61 Å². The first-order valence-corrected chi connectivity index (χ1v) is 12.2. The Hall–Kier alpha value is -5.64. The number of aromatic nitrogens is 2. The lowest BCUT2D eigenvalue weighted by molar-refractivity contribution is -0.385. The van der Waals surface area contributed by atoms with Gasteiger partial charge in [-0.05, 0) is 54.1 Å². The molecule has 0 unspecified atom stereocenters. The summed E-state index contributed by atoms with van der Waals surface area (Å²) in [4.78, 5) is 29.3. The summed E-state index contributed by atoms with van der Waals surface area (Å²) < 4.78 is 25.9. The molecule has 0 amide bonds. The van der Waals surface area contributed by atoms with Crippen LogP contribution in [0.1, 0.15) is 11.1 Å². The van der Waals surface area contributed by atoms with Crippen LogP contribution in [0.15, 0.2) is 111 Å². The van der Waals surface area contributed by atoms with Crippen molar-refractivity contribution >= 4 is 33.8 Å². The van der Waals surface area contributed by atoms with Gasteiger partial charge in [0, 0.05) is 17.0 Å². The molecule has 0 aliphatic heterocycles. The number of nitrogens with zero attached hydrogens (tertiary/aromatic N) is 4. The fraction of sp³-hybridized carbons (Fsp3) is 0.0333. The standard InChI is InChI=1S/C30H19FN4O5/c31-22-12-9-19(10-13-22)18-39-27-14-11-20(15-25(27)35(37)38)17-32-34-29(28-16-21-5-1-4-8-26(21)40-28)33-24-7-3-2-6-23(24)30(34)36/h1-17H,18H2. The molecule has 196 valence electrons. The van der Waals surface area contributed by atoms with E-state index < -0.39 is 10.5 Å². The Kier molecular flexibility index (Phi) is 6.33. The Morgan fingerprint density at radius 2 is 1.77 bits per heavy atom. The predicted molar refractivity (Wildman–Crippen MR) is 148 cm³/mol. The lowest BCUT2D eigenvalue weighted by atomic mass is 10.2. The SMILES string of the molecule is O=c1c2ccccc2nc(-c2cc3ccccc3o2)n1N=Cc1ccc(OCc2ccc(F)cc2)c([N+](=O)[O-])c1. The number of halogens is 1. The number of rotatable bonds is 7. The quantitative estimate of drug-likeness (QED) is 0.135. The van der Waals surface area contributed by atoms with Crippen molar-refractivity contribution in [3.8, 4) is 17.3 Å². The molecule has 0 fully saturated rings. The Morgan fingerprint density at radius 1 is 1.00 bits per heavy atom. The zero-order valence-electron chi connectivity index (χ0n) is 20.7. The van der Waals surface area contributed by atoms with Gasteiger partial charge in [-0.15, -0.1) is 0 Å². The van der Waals surface area contributed by atoms with Crippen LogP contribution < -0.4 is 10.3 Å². The molecule has 9 nitrogen and oxygen atoms in total. The van der Waals surface area contributed by atoms with Crippen molar-refractivity contribution in [1.29, 1.82) is 0 Å². The summed E-state index contributed by atoms with van der Waals surface area (Å²) in [6.45, 7) is 0.0214. The molecule has 0 radical (unpaired) electrons. The fourth-order valence-electron chi connectivity index (χ4n) is 4.23. The zero-order chi connectivity index (χ0) is 27.6. The largest absolute Gasteiger partial charge is 0.482 e. The predicted octanol–water partition coefficient (Wildman–Crippen LogP) is 6.32. The number of benzene rings is 4. The van der Waals surface area contributed by atoms with E-state index in [2.05, 4.69) is 10.1 Å². The van der Waals surface area contributed by atoms with E-state index >= 15 is 0 Å². The van der Waals surface area contributed by atoms with Gasteiger partial charge in [0.15, 0.2) is 11.5 Å². The van der Waals surface area contributed by atoms with Crippen LogP contribution in [-0.4, -0.2) is 20.8 Å². The third kappa shape index (κ3) is 4.81. The average Bonchev–Trinajstić information content (AvgIpc) is 3.41. The summed E-state index contributed by atoms with van der Waals surface area (Å²) >= 11 is 0. The van der Waals surface area contributed by atoms with Gasteiger partial charge in [-0.1, -0.05) is 42.5 Å². The summed E-state index contributed by atoms with van der Waals surface area (Å²) in [5.74, 6) is 0.183. The molecule has 6 rings (SSSR count). The van der Waals surface area contributed by atoms with Crippen LogP contribution >= 0.6 is 0 Å². The minimum absolute atomic E-state index is 0.0214. The van der Waals surface area contributed by atoms with Crippen molar-refractivity contribution < 1.29 is 18.5 Å². The molecule has 0 bridgehead atoms. The first-order valence-electron chi connectivity index (χ1n) is 12.2. The first kappa shape index (κ1) is 24.7. The van der Waals surface area contributed by atoms with Gasteiger partial charge >= 0.3 is 5.69 Å². The lowest BCUT2D eigenvalue weighted by Crippen LogP contribution is -2.20. The van der Waals surface area contributed by atoms with Crippen LogP contribution in [0.3, 0.4) is 0 Å². The van der Waals surface area contributed by atoms with Gasteiger partial charge < -0.3 is 9.15 Å². The summed E-state index contributed by atoms with van der Waals surface area (Å²) in [6, 6.07) is 26.1. The van der Waals surface area contributed by atoms with Crippen LogP contribution in [0, 0.1) is 15.9 Å². The molecule has 0 saturated heterocycles. The zero-order valence-corrected chi connectivity index (χ0v) is 20.7.